The number of nitro groups is 1. The van der Waals surface area contributed by atoms with Crippen molar-refractivity contribution in [2.75, 3.05) is 7.11 Å². The van der Waals surface area contributed by atoms with Gasteiger partial charge in [0.05, 0.1) is 17.6 Å². The highest BCUT2D eigenvalue weighted by Crippen LogP contribution is 2.36. The van der Waals surface area contributed by atoms with Crippen LogP contribution < -0.4 is 4.74 Å². The summed E-state index contributed by atoms with van der Waals surface area (Å²) in [6.45, 7) is 5.12. The highest BCUT2D eigenvalue weighted by Gasteiger charge is 2.28. The van der Waals surface area contributed by atoms with E-state index in [1.165, 1.54) is 25.3 Å². The Labute approximate surface area is 110 Å². The van der Waals surface area contributed by atoms with Gasteiger partial charge in [-0.25, -0.2) is 0 Å². The summed E-state index contributed by atoms with van der Waals surface area (Å²) in [6.07, 6.45) is -1.24. The number of nitrogens with zero attached hydrogens (tertiary/aromatic N) is 1. The third-order valence-corrected chi connectivity index (χ3v) is 2.74. The number of ether oxygens (including phenoxy) is 1. The highest BCUT2D eigenvalue weighted by atomic mass is 16.6. The molecule has 6 heteroatoms. The lowest BCUT2D eigenvalue weighted by atomic mass is 9.97. The van der Waals surface area contributed by atoms with Crippen molar-refractivity contribution in [3.05, 3.63) is 46.0 Å². The molecule has 0 amide bonds. The third-order valence-electron chi connectivity index (χ3n) is 2.74. The smallest absolute Gasteiger partial charge is 0.317 e. The van der Waals surface area contributed by atoms with Gasteiger partial charge in [0.1, 0.15) is 6.10 Å². The van der Waals surface area contributed by atoms with Crippen LogP contribution in [0, 0.1) is 10.1 Å². The standard InChI is InChI=1S/C13H15NO5/c1-4-10(15)8(2)13(16)9-6-5-7-11(19-3)12(9)14(17)18/h5-7,13,16H,2,4H2,1,3H3/t13-/m1/s1. The Hall–Kier alpha value is -2.21. The van der Waals surface area contributed by atoms with E-state index in [4.69, 9.17) is 4.74 Å². The number of rotatable bonds is 6. The van der Waals surface area contributed by atoms with Crippen LogP contribution in [0.1, 0.15) is 25.0 Å². The molecule has 1 aromatic rings. The average molecular weight is 265 g/mol. The van der Waals surface area contributed by atoms with Gasteiger partial charge < -0.3 is 9.84 Å². The van der Waals surface area contributed by atoms with Gasteiger partial charge in [0.2, 0.25) is 0 Å². The fourth-order valence-corrected chi connectivity index (χ4v) is 1.69. The summed E-state index contributed by atoms with van der Waals surface area (Å²) in [5.74, 6) is -0.317. The summed E-state index contributed by atoms with van der Waals surface area (Å²) in [5.41, 5.74) is -0.433. The number of aliphatic hydroxyl groups is 1. The summed E-state index contributed by atoms with van der Waals surface area (Å²) in [4.78, 5) is 21.9. The Balaban J connectivity index is 3.30. The zero-order valence-electron chi connectivity index (χ0n) is 10.8. The molecular weight excluding hydrogens is 250 g/mol. The Bertz CT molecular complexity index is 524. The lowest BCUT2D eigenvalue weighted by Crippen LogP contribution is -2.11. The molecule has 0 bridgehead atoms. The molecule has 19 heavy (non-hydrogen) atoms. The molecule has 0 aliphatic carbocycles. The minimum absolute atomic E-state index is 0.00356. The fourth-order valence-electron chi connectivity index (χ4n) is 1.69. The zero-order valence-corrected chi connectivity index (χ0v) is 10.8. The average Bonchev–Trinajstić information content (AvgIpc) is 2.43. The van der Waals surface area contributed by atoms with Crippen molar-refractivity contribution >= 4 is 11.5 Å². The van der Waals surface area contributed by atoms with Gasteiger partial charge >= 0.3 is 5.69 Å². The lowest BCUT2D eigenvalue weighted by Gasteiger charge is -2.14. The highest BCUT2D eigenvalue weighted by molar-refractivity contribution is 5.95. The first-order valence-corrected chi connectivity index (χ1v) is 5.65. The van der Waals surface area contributed by atoms with Crippen molar-refractivity contribution in [3.8, 4) is 5.75 Å². The minimum atomic E-state index is -1.41. The van der Waals surface area contributed by atoms with E-state index in [2.05, 4.69) is 6.58 Å². The van der Waals surface area contributed by atoms with Crippen LogP contribution >= 0.6 is 0 Å². The number of ketones is 1. The van der Waals surface area contributed by atoms with Gasteiger partial charge in [-0.1, -0.05) is 19.6 Å². The maximum atomic E-state index is 11.5. The second-order valence-corrected chi connectivity index (χ2v) is 3.86. The predicted octanol–water partition coefficient (Wildman–Crippen LogP) is 2.17. The van der Waals surface area contributed by atoms with Crippen LogP contribution in [-0.4, -0.2) is 22.9 Å². The number of Topliss-reactive ketones (excluding diaryl/α,β-unsaturated/α-hetero) is 1. The van der Waals surface area contributed by atoms with Gasteiger partial charge in [0.25, 0.3) is 0 Å². The summed E-state index contributed by atoms with van der Waals surface area (Å²) < 4.78 is 4.90. The number of para-hydroxylation sites is 1. The largest absolute Gasteiger partial charge is 0.490 e. The molecule has 102 valence electrons. The second-order valence-electron chi connectivity index (χ2n) is 3.86. The molecule has 1 rings (SSSR count). The van der Waals surface area contributed by atoms with Gasteiger partial charge in [-0.15, -0.1) is 0 Å². The maximum absolute atomic E-state index is 11.5. The molecule has 1 N–H and O–H groups in total. The number of methoxy groups -OCH3 is 1. The van der Waals surface area contributed by atoms with Crippen LogP contribution in [0.2, 0.25) is 0 Å². The third kappa shape index (κ3) is 2.97. The topological polar surface area (TPSA) is 89.7 Å². The van der Waals surface area contributed by atoms with Crippen molar-refractivity contribution in [1.29, 1.82) is 0 Å². The molecule has 0 saturated carbocycles. The maximum Gasteiger partial charge on any atom is 0.317 e. The van der Waals surface area contributed by atoms with Crippen molar-refractivity contribution in [2.24, 2.45) is 0 Å². The summed E-state index contributed by atoms with van der Waals surface area (Å²) in [5, 5.41) is 21.1. The number of aliphatic hydroxyl groups excluding tert-OH is 1. The Morgan fingerprint density at radius 2 is 2.21 bits per heavy atom. The van der Waals surface area contributed by atoms with Crippen molar-refractivity contribution < 1.29 is 19.6 Å². The van der Waals surface area contributed by atoms with Crippen LogP contribution in [0.5, 0.6) is 5.75 Å². The zero-order chi connectivity index (χ0) is 14.6. The molecular formula is C13H15NO5. The molecule has 0 aliphatic heterocycles. The van der Waals surface area contributed by atoms with Crippen LogP contribution in [0.25, 0.3) is 0 Å². The van der Waals surface area contributed by atoms with Gasteiger partial charge in [0.15, 0.2) is 11.5 Å². The number of hydrogen-bond donors (Lipinski definition) is 1. The molecule has 0 aliphatic rings. The number of carbonyl (C=O) groups is 1. The van der Waals surface area contributed by atoms with Gasteiger partial charge in [0, 0.05) is 12.0 Å². The normalized spacial score (nSPS) is 11.7. The predicted molar refractivity (Wildman–Crippen MR) is 69.0 cm³/mol. The first-order chi connectivity index (χ1) is 8.93. The van der Waals surface area contributed by atoms with Gasteiger partial charge in [-0.05, 0) is 12.1 Å². The van der Waals surface area contributed by atoms with Gasteiger partial charge in [-0.3, -0.25) is 14.9 Å². The number of benzene rings is 1. The Morgan fingerprint density at radius 1 is 1.58 bits per heavy atom. The minimum Gasteiger partial charge on any atom is -0.490 e. The number of carbonyl (C=O) groups excluding carboxylic acids is 1. The Kier molecular flexibility index (Phi) is 4.77. The number of nitro benzene ring substituents is 1. The van der Waals surface area contributed by atoms with Gasteiger partial charge in [-0.2, -0.15) is 0 Å². The van der Waals surface area contributed by atoms with E-state index < -0.39 is 11.0 Å². The van der Waals surface area contributed by atoms with Crippen LogP contribution in [-0.2, 0) is 4.79 Å². The molecule has 1 atom stereocenters. The van der Waals surface area contributed by atoms with E-state index in [9.17, 15) is 20.0 Å². The Morgan fingerprint density at radius 3 is 2.68 bits per heavy atom. The molecule has 0 heterocycles. The van der Waals surface area contributed by atoms with Crippen LogP contribution in [0.3, 0.4) is 0 Å². The molecule has 6 nitrogen and oxygen atoms in total. The summed E-state index contributed by atoms with van der Waals surface area (Å²) >= 11 is 0. The van der Waals surface area contributed by atoms with E-state index >= 15 is 0 Å². The second kappa shape index (κ2) is 6.10. The van der Waals surface area contributed by atoms with Crippen molar-refractivity contribution in [1.82, 2.24) is 0 Å². The number of hydrogen-bond acceptors (Lipinski definition) is 5. The molecule has 0 spiro atoms. The molecule has 1 aromatic carbocycles. The van der Waals surface area contributed by atoms with Crippen molar-refractivity contribution in [3.63, 3.8) is 0 Å². The van der Waals surface area contributed by atoms with E-state index in [1.54, 1.807) is 6.92 Å². The summed E-state index contributed by atoms with van der Waals surface area (Å²) in [7, 11) is 1.30. The molecule has 0 fully saturated rings. The monoisotopic (exact) mass is 265 g/mol. The van der Waals surface area contributed by atoms with Crippen LogP contribution in [0.4, 0.5) is 5.69 Å². The lowest BCUT2D eigenvalue weighted by molar-refractivity contribution is -0.387. The van der Waals surface area contributed by atoms with E-state index in [-0.39, 0.29) is 34.8 Å². The van der Waals surface area contributed by atoms with Crippen molar-refractivity contribution in [2.45, 2.75) is 19.4 Å². The molecule has 0 unspecified atom stereocenters. The molecule has 0 saturated heterocycles. The molecule has 0 aromatic heterocycles. The summed E-state index contributed by atoms with van der Waals surface area (Å²) in [6, 6.07) is 4.30. The fraction of sp³-hybridized carbons (Fsp3) is 0.308. The van der Waals surface area contributed by atoms with Crippen LogP contribution in [0.15, 0.2) is 30.4 Å². The van der Waals surface area contributed by atoms with E-state index in [1.807, 2.05) is 0 Å². The van der Waals surface area contributed by atoms with E-state index in [0.29, 0.717) is 0 Å². The quantitative estimate of drug-likeness (QED) is 0.483. The SMILES string of the molecule is C=C(C(=O)CC)[C@@H](O)c1cccc(OC)c1[N+](=O)[O-]. The first-order valence-electron chi connectivity index (χ1n) is 5.65. The van der Waals surface area contributed by atoms with E-state index in [0.717, 1.165) is 0 Å². The first kappa shape index (κ1) is 14.8. The molecule has 0 radical (unpaired) electrons.